The summed E-state index contributed by atoms with van der Waals surface area (Å²) in [6.45, 7) is 0. The van der Waals surface area contributed by atoms with E-state index in [-0.39, 0.29) is 22.8 Å². The zero-order valence-electron chi connectivity index (χ0n) is 7.77. The number of carboxylic acid groups (broad SMARTS) is 1. The van der Waals surface area contributed by atoms with E-state index in [1.807, 2.05) is 0 Å². The minimum Gasteiger partial charge on any atom is -0.502 e. The van der Waals surface area contributed by atoms with Crippen LogP contribution in [0.2, 0.25) is 0 Å². The molecular weight excluding hydrogens is 188 g/mol. The minimum atomic E-state index is -1.17. The molecule has 0 heterocycles. The average Bonchev–Trinajstić information content (AvgIpc) is 2.17. The molecule has 0 aliphatic carbocycles. The van der Waals surface area contributed by atoms with Crippen LogP contribution in [0.5, 0.6) is 17.2 Å². The van der Waals surface area contributed by atoms with Gasteiger partial charge in [-0.2, -0.15) is 0 Å². The van der Waals surface area contributed by atoms with Gasteiger partial charge in [0.05, 0.1) is 14.2 Å². The zero-order chi connectivity index (χ0) is 10.7. The monoisotopic (exact) mass is 198 g/mol. The summed E-state index contributed by atoms with van der Waals surface area (Å²) in [5.41, 5.74) is -0.106. The molecule has 1 rings (SSSR count). The van der Waals surface area contributed by atoms with E-state index < -0.39 is 5.97 Å². The fraction of sp³-hybridized carbons (Fsp3) is 0.222. The number of benzene rings is 1. The average molecular weight is 198 g/mol. The van der Waals surface area contributed by atoms with E-state index in [4.69, 9.17) is 14.6 Å². The lowest BCUT2D eigenvalue weighted by atomic mass is 10.1. The van der Waals surface area contributed by atoms with Gasteiger partial charge in [0.25, 0.3) is 0 Å². The Kier molecular flexibility index (Phi) is 2.81. The van der Waals surface area contributed by atoms with Crippen LogP contribution in [0.15, 0.2) is 12.1 Å². The Morgan fingerprint density at radius 3 is 2.36 bits per heavy atom. The molecule has 0 aromatic heterocycles. The van der Waals surface area contributed by atoms with Crippen LogP contribution in [0.1, 0.15) is 10.4 Å². The third-order valence-electron chi connectivity index (χ3n) is 1.75. The number of phenolic OH excluding ortho intramolecular Hbond substituents is 1. The zero-order valence-corrected chi connectivity index (χ0v) is 7.77. The van der Waals surface area contributed by atoms with E-state index >= 15 is 0 Å². The number of methoxy groups -OCH3 is 2. The maximum Gasteiger partial charge on any atom is 0.339 e. The summed E-state index contributed by atoms with van der Waals surface area (Å²) in [5.74, 6) is -1.40. The Morgan fingerprint density at radius 1 is 1.29 bits per heavy atom. The van der Waals surface area contributed by atoms with Gasteiger partial charge >= 0.3 is 5.97 Å². The van der Waals surface area contributed by atoms with Gasteiger partial charge < -0.3 is 19.7 Å². The molecule has 5 nitrogen and oxygen atoms in total. The Bertz CT molecular complexity index is 358. The molecule has 0 aliphatic rings. The molecule has 0 saturated heterocycles. The van der Waals surface area contributed by atoms with E-state index in [0.29, 0.717) is 0 Å². The van der Waals surface area contributed by atoms with Crippen molar-refractivity contribution < 1.29 is 24.5 Å². The van der Waals surface area contributed by atoms with Gasteiger partial charge in [0.1, 0.15) is 5.56 Å². The second-order valence-corrected chi connectivity index (χ2v) is 2.50. The van der Waals surface area contributed by atoms with Gasteiger partial charge in [-0.15, -0.1) is 0 Å². The van der Waals surface area contributed by atoms with Crippen LogP contribution >= 0.6 is 0 Å². The van der Waals surface area contributed by atoms with Crippen molar-refractivity contribution >= 4 is 5.97 Å². The quantitative estimate of drug-likeness (QED) is 0.760. The molecular formula is C9H10O5. The highest BCUT2D eigenvalue weighted by atomic mass is 16.5. The minimum absolute atomic E-state index is 0.100. The molecule has 0 fully saturated rings. The third kappa shape index (κ3) is 1.56. The first-order chi connectivity index (χ1) is 6.61. The number of aromatic carboxylic acids is 1. The van der Waals surface area contributed by atoms with Crippen LogP contribution in [-0.4, -0.2) is 30.4 Å². The number of rotatable bonds is 3. The fourth-order valence-electron chi connectivity index (χ4n) is 1.09. The smallest absolute Gasteiger partial charge is 0.339 e. The van der Waals surface area contributed by atoms with Crippen molar-refractivity contribution in [3.05, 3.63) is 17.7 Å². The standard InChI is InChI=1S/C9H10O5/c1-13-6-4-3-5(9(11)12)8(14-2)7(6)10/h3-4,10H,1-2H3,(H,11,12). The van der Waals surface area contributed by atoms with Gasteiger partial charge in [0.2, 0.25) is 5.75 Å². The van der Waals surface area contributed by atoms with Gasteiger partial charge in [-0.05, 0) is 12.1 Å². The van der Waals surface area contributed by atoms with Crippen molar-refractivity contribution in [2.24, 2.45) is 0 Å². The van der Waals surface area contributed by atoms with E-state index in [1.54, 1.807) is 0 Å². The lowest BCUT2D eigenvalue weighted by molar-refractivity contribution is 0.0692. The maximum absolute atomic E-state index is 10.7. The molecule has 76 valence electrons. The SMILES string of the molecule is COc1ccc(C(=O)O)c(OC)c1O. The Hall–Kier alpha value is -1.91. The molecule has 0 saturated carbocycles. The molecule has 1 aromatic rings. The van der Waals surface area contributed by atoms with E-state index in [2.05, 4.69) is 0 Å². The Morgan fingerprint density at radius 2 is 1.93 bits per heavy atom. The predicted octanol–water partition coefficient (Wildman–Crippen LogP) is 1.11. The largest absolute Gasteiger partial charge is 0.502 e. The number of carbonyl (C=O) groups is 1. The topological polar surface area (TPSA) is 76.0 Å². The Labute approximate surface area is 80.5 Å². The van der Waals surface area contributed by atoms with Crippen molar-refractivity contribution in [3.8, 4) is 17.2 Å². The molecule has 2 N–H and O–H groups in total. The molecule has 5 heteroatoms. The second-order valence-electron chi connectivity index (χ2n) is 2.50. The first kappa shape index (κ1) is 10.2. The fourth-order valence-corrected chi connectivity index (χ4v) is 1.09. The van der Waals surface area contributed by atoms with Crippen LogP contribution in [0.3, 0.4) is 0 Å². The molecule has 0 aliphatic heterocycles. The number of hydrogen-bond acceptors (Lipinski definition) is 4. The molecule has 14 heavy (non-hydrogen) atoms. The van der Waals surface area contributed by atoms with Crippen molar-refractivity contribution in [2.45, 2.75) is 0 Å². The summed E-state index contributed by atoms with van der Waals surface area (Å²) < 4.78 is 9.57. The van der Waals surface area contributed by atoms with Crippen LogP contribution in [-0.2, 0) is 0 Å². The maximum atomic E-state index is 10.7. The molecule has 0 unspecified atom stereocenters. The summed E-state index contributed by atoms with van der Waals surface area (Å²) in [4.78, 5) is 10.7. The highest BCUT2D eigenvalue weighted by Gasteiger charge is 2.18. The van der Waals surface area contributed by atoms with Crippen molar-refractivity contribution in [1.82, 2.24) is 0 Å². The van der Waals surface area contributed by atoms with Gasteiger partial charge in [-0.1, -0.05) is 0 Å². The predicted molar refractivity (Wildman–Crippen MR) is 48.2 cm³/mol. The van der Waals surface area contributed by atoms with Gasteiger partial charge in [-0.3, -0.25) is 0 Å². The van der Waals surface area contributed by atoms with Crippen LogP contribution in [0.25, 0.3) is 0 Å². The van der Waals surface area contributed by atoms with Crippen LogP contribution in [0, 0.1) is 0 Å². The lowest BCUT2D eigenvalue weighted by Crippen LogP contribution is -2.01. The summed E-state index contributed by atoms with van der Waals surface area (Å²) in [6, 6.07) is 2.67. The van der Waals surface area contributed by atoms with Crippen molar-refractivity contribution in [3.63, 3.8) is 0 Å². The van der Waals surface area contributed by atoms with Gasteiger partial charge in [0.15, 0.2) is 11.5 Å². The third-order valence-corrected chi connectivity index (χ3v) is 1.75. The number of aromatic hydroxyl groups is 1. The lowest BCUT2D eigenvalue weighted by Gasteiger charge is -2.09. The van der Waals surface area contributed by atoms with Crippen LogP contribution < -0.4 is 9.47 Å². The summed E-state index contributed by atoms with van der Waals surface area (Å²) >= 11 is 0. The molecule has 0 amide bonds. The van der Waals surface area contributed by atoms with Crippen molar-refractivity contribution in [2.75, 3.05) is 14.2 Å². The molecule has 0 bridgehead atoms. The van der Waals surface area contributed by atoms with E-state index in [0.717, 1.165) is 0 Å². The van der Waals surface area contributed by atoms with Gasteiger partial charge in [0, 0.05) is 0 Å². The second kappa shape index (κ2) is 3.87. The van der Waals surface area contributed by atoms with Crippen molar-refractivity contribution in [1.29, 1.82) is 0 Å². The first-order valence-electron chi connectivity index (χ1n) is 3.79. The number of carboxylic acids is 1. The highest BCUT2D eigenvalue weighted by Crippen LogP contribution is 2.38. The first-order valence-corrected chi connectivity index (χ1v) is 3.79. The molecule has 0 spiro atoms. The summed E-state index contributed by atoms with van der Waals surface area (Å²) in [5, 5.41) is 18.3. The normalized spacial score (nSPS) is 9.57. The van der Waals surface area contributed by atoms with E-state index in [9.17, 15) is 9.90 Å². The number of phenols is 1. The van der Waals surface area contributed by atoms with Crippen LogP contribution in [0.4, 0.5) is 0 Å². The Balaban J connectivity index is 3.35. The van der Waals surface area contributed by atoms with Gasteiger partial charge in [-0.25, -0.2) is 4.79 Å². The van der Waals surface area contributed by atoms with E-state index in [1.165, 1.54) is 26.4 Å². The summed E-state index contributed by atoms with van der Waals surface area (Å²) in [7, 11) is 2.65. The number of ether oxygens (including phenoxy) is 2. The molecule has 0 radical (unpaired) electrons. The molecule has 0 atom stereocenters. The number of hydrogen-bond donors (Lipinski definition) is 2. The molecule has 1 aromatic carbocycles. The summed E-state index contributed by atoms with van der Waals surface area (Å²) in [6.07, 6.45) is 0. The highest BCUT2D eigenvalue weighted by molar-refractivity contribution is 5.92.